The van der Waals surface area contributed by atoms with Gasteiger partial charge in [-0.15, -0.1) is 0 Å². The van der Waals surface area contributed by atoms with E-state index in [1.54, 1.807) is 4.68 Å². The molecule has 6 nitrogen and oxygen atoms in total. The highest BCUT2D eigenvalue weighted by atomic mass is 16.2. The van der Waals surface area contributed by atoms with Gasteiger partial charge in [0.05, 0.1) is 11.4 Å². The van der Waals surface area contributed by atoms with E-state index in [0.29, 0.717) is 24.0 Å². The molecule has 0 radical (unpaired) electrons. The van der Waals surface area contributed by atoms with E-state index in [2.05, 4.69) is 29.6 Å². The first kappa shape index (κ1) is 16.3. The van der Waals surface area contributed by atoms with Gasteiger partial charge in [-0.1, -0.05) is 27.7 Å². The number of aryl methyl sites for hydroxylation is 1. The quantitative estimate of drug-likeness (QED) is 0.741. The molecular weight excluding hydrogens is 254 g/mol. The number of hydrogen-bond acceptors (Lipinski definition) is 4. The highest BCUT2D eigenvalue weighted by Gasteiger charge is 2.20. The van der Waals surface area contributed by atoms with Gasteiger partial charge in [-0.05, 0) is 18.8 Å². The van der Waals surface area contributed by atoms with Crippen molar-refractivity contribution in [2.75, 3.05) is 17.6 Å². The molecule has 0 spiro atoms. The Labute approximate surface area is 121 Å². The number of hydrogen-bond donors (Lipinski definition) is 3. The summed E-state index contributed by atoms with van der Waals surface area (Å²) in [6.45, 7) is 10.7. The van der Waals surface area contributed by atoms with Gasteiger partial charge in [-0.25, -0.2) is 0 Å². The second-order valence-corrected chi connectivity index (χ2v) is 5.93. The predicted molar refractivity (Wildman–Crippen MR) is 82.6 cm³/mol. The molecule has 114 valence electrons. The predicted octanol–water partition coefficient (Wildman–Crippen LogP) is 1.70. The summed E-state index contributed by atoms with van der Waals surface area (Å²) in [5, 5.41) is 10.4. The van der Waals surface area contributed by atoms with E-state index < -0.39 is 0 Å². The van der Waals surface area contributed by atoms with Crippen LogP contribution in [-0.2, 0) is 11.8 Å². The summed E-state index contributed by atoms with van der Waals surface area (Å²) in [7, 11) is 1.82. The molecule has 1 unspecified atom stereocenters. The Morgan fingerprint density at radius 1 is 1.30 bits per heavy atom. The monoisotopic (exact) mass is 281 g/mol. The van der Waals surface area contributed by atoms with Crippen molar-refractivity contribution in [3.05, 3.63) is 5.69 Å². The zero-order chi connectivity index (χ0) is 15.4. The number of carbonyl (C=O) groups is 1. The first-order valence-electron chi connectivity index (χ1n) is 7.10. The third kappa shape index (κ3) is 3.88. The minimum atomic E-state index is -0.355. The van der Waals surface area contributed by atoms with Gasteiger partial charge in [0.15, 0.2) is 0 Å². The topological polar surface area (TPSA) is 85.0 Å². The molecule has 1 rings (SSSR count). The van der Waals surface area contributed by atoms with Crippen LogP contribution in [0.25, 0.3) is 0 Å². The number of nitrogens with two attached hydrogens (primary N) is 1. The van der Waals surface area contributed by atoms with Gasteiger partial charge in [-0.2, -0.15) is 5.10 Å². The fourth-order valence-electron chi connectivity index (χ4n) is 1.89. The Balaban J connectivity index is 2.75. The lowest BCUT2D eigenvalue weighted by molar-refractivity contribution is -0.121. The molecule has 0 aliphatic carbocycles. The highest BCUT2D eigenvalue weighted by molar-refractivity contribution is 5.85. The summed E-state index contributed by atoms with van der Waals surface area (Å²) in [4.78, 5) is 12.0. The van der Waals surface area contributed by atoms with Crippen LogP contribution >= 0.6 is 0 Å². The SMILES string of the molecule is CC(C)CNC(=O)C(C)Nc1c(N)c(C(C)C)nn1C. The van der Waals surface area contributed by atoms with Crippen LogP contribution < -0.4 is 16.4 Å². The van der Waals surface area contributed by atoms with Crippen molar-refractivity contribution in [2.24, 2.45) is 13.0 Å². The van der Waals surface area contributed by atoms with E-state index in [1.165, 1.54) is 0 Å². The zero-order valence-electron chi connectivity index (χ0n) is 13.3. The normalized spacial score (nSPS) is 12.8. The number of nitrogens with zero attached hydrogens (tertiary/aromatic N) is 2. The van der Waals surface area contributed by atoms with Crippen molar-refractivity contribution in [1.29, 1.82) is 0 Å². The lowest BCUT2D eigenvalue weighted by Gasteiger charge is -2.16. The number of rotatable bonds is 6. The van der Waals surface area contributed by atoms with Crippen molar-refractivity contribution < 1.29 is 4.79 Å². The second-order valence-electron chi connectivity index (χ2n) is 5.93. The van der Waals surface area contributed by atoms with Crippen molar-refractivity contribution in [3.63, 3.8) is 0 Å². The molecule has 1 atom stereocenters. The third-order valence-electron chi connectivity index (χ3n) is 3.09. The van der Waals surface area contributed by atoms with Crippen LogP contribution in [0.1, 0.15) is 46.2 Å². The molecule has 1 heterocycles. The van der Waals surface area contributed by atoms with Crippen LogP contribution in [0.4, 0.5) is 11.5 Å². The van der Waals surface area contributed by atoms with E-state index in [9.17, 15) is 4.79 Å². The van der Waals surface area contributed by atoms with Crippen LogP contribution in [0.2, 0.25) is 0 Å². The minimum Gasteiger partial charge on any atom is -0.394 e. The lowest BCUT2D eigenvalue weighted by Crippen LogP contribution is -2.39. The summed E-state index contributed by atoms with van der Waals surface area (Å²) >= 11 is 0. The fraction of sp³-hybridized carbons (Fsp3) is 0.714. The Kier molecular flexibility index (Phi) is 5.42. The highest BCUT2D eigenvalue weighted by Crippen LogP contribution is 2.28. The Hall–Kier alpha value is -1.72. The van der Waals surface area contributed by atoms with E-state index in [-0.39, 0.29) is 17.9 Å². The fourth-order valence-corrected chi connectivity index (χ4v) is 1.89. The maximum Gasteiger partial charge on any atom is 0.242 e. The average Bonchev–Trinajstić information content (AvgIpc) is 2.63. The molecule has 4 N–H and O–H groups in total. The maximum absolute atomic E-state index is 12.0. The number of nitrogens with one attached hydrogen (secondary N) is 2. The van der Waals surface area contributed by atoms with Crippen LogP contribution in [0, 0.1) is 5.92 Å². The van der Waals surface area contributed by atoms with Gasteiger partial charge in [0.1, 0.15) is 11.9 Å². The molecule has 6 heteroatoms. The minimum absolute atomic E-state index is 0.0367. The standard InChI is InChI=1S/C14H27N5O/c1-8(2)7-16-14(20)10(5)17-13-11(15)12(9(3)4)18-19(13)6/h8-10,17H,7,15H2,1-6H3,(H,16,20). The van der Waals surface area contributed by atoms with Crippen LogP contribution in [0.5, 0.6) is 0 Å². The summed E-state index contributed by atoms with van der Waals surface area (Å²) in [6.07, 6.45) is 0. The third-order valence-corrected chi connectivity index (χ3v) is 3.09. The molecule has 0 saturated carbocycles. The van der Waals surface area contributed by atoms with Crippen molar-refractivity contribution >= 4 is 17.4 Å². The lowest BCUT2D eigenvalue weighted by atomic mass is 10.1. The largest absolute Gasteiger partial charge is 0.394 e. The van der Waals surface area contributed by atoms with Gasteiger partial charge in [0, 0.05) is 13.6 Å². The smallest absolute Gasteiger partial charge is 0.242 e. The van der Waals surface area contributed by atoms with Crippen molar-refractivity contribution in [2.45, 2.75) is 46.6 Å². The van der Waals surface area contributed by atoms with Gasteiger partial charge >= 0.3 is 0 Å². The summed E-state index contributed by atoms with van der Waals surface area (Å²) < 4.78 is 1.69. The van der Waals surface area contributed by atoms with Gasteiger partial charge in [0.2, 0.25) is 5.91 Å². The van der Waals surface area contributed by atoms with Gasteiger partial charge < -0.3 is 16.4 Å². The molecule has 0 aromatic carbocycles. The Morgan fingerprint density at radius 3 is 2.35 bits per heavy atom. The maximum atomic E-state index is 12.0. The van der Waals surface area contributed by atoms with E-state index in [4.69, 9.17) is 5.73 Å². The van der Waals surface area contributed by atoms with Gasteiger partial charge in [-0.3, -0.25) is 9.48 Å². The Morgan fingerprint density at radius 2 is 1.90 bits per heavy atom. The molecule has 0 aliphatic heterocycles. The molecule has 0 aliphatic rings. The number of carbonyl (C=O) groups excluding carboxylic acids is 1. The van der Waals surface area contributed by atoms with Crippen LogP contribution in [0.15, 0.2) is 0 Å². The van der Waals surface area contributed by atoms with E-state index in [1.807, 2.05) is 27.8 Å². The number of aromatic nitrogens is 2. The Bertz CT molecular complexity index is 464. The molecule has 0 bridgehead atoms. The number of anilines is 2. The molecular formula is C14H27N5O. The first-order chi connectivity index (χ1) is 9.23. The second kappa shape index (κ2) is 6.63. The molecule has 1 aromatic rings. The molecule has 1 aromatic heterocycles. The number of nitrogen functional groups attached to an aromatic ring is 1. The van der Waals surface area contributed by atoms with Crippen molar-refractivity contribution in [3.8, 4) is 0 Å². The van der Waals surface area contributed by atoms with Crippen LogP contribution in [0.3, 0.4) is 0 Å². The molecule has 0 saturated heterocycles. The molecule has 20 heavy (non-hydrogen) atoms. The van der Waals surface area contributed by atoms with Crippen molar-refractivity contribution in [1.82, 2.24) is 15.1 Å². The average molecular weight is 281 g/mol. The molecule has 0 fully saturated rings. The van der Waals surface area contributed by atoms with Gasteiger partial charge in [0.25, 0.3) is 0 Å². The van der Waals surface area contributed by atoms with E-state index in [0.717, 1.165) is 5.69 Å². The summed E-state index contributed by atoms with van der Waals surface area (Å²) in [5.74, 6) is 1.34. The number of amides is 1. The van der Waals surface area contributed by atoms with Crippen LogP contribution in [-0.4, -0.2) is 28.3 Å². The first-order valence-corrected chi connectivity index (χ1v) is 7.10. The van der Waals surface area contributed by atoms with E-state index >= 15 is 0 Å². The molecule has 1 amide bonds. The summed E-state index contributed by atoms with van der Waals surface area (Å²) in [6, 6.07) is -0.355. The summed E-state index contributed by atoms with van der Waals surface area (Å²) in [5.41, 5.74) is 7.57. The zero-order valence-corrected chi connectivity index (χ0v) is 13.3.